The van der Waals surface area contributed by atoms with Gasteiger partial charge in [0.15, 0.2) is 11.0 Å². The zero-order valence-corrected chi connectivity index (χ0v) is 21.7. The molecule has 0 N–H and O–H groups in total. The quantitative estimate of drug-likeness (QED) is 0.379. The van der Waals surface area contributed by atoms with Gasteiger partial charge in [-0.25, -0.2) is 0 Å². The number of hydrogen-bond donors (Lipinski definition) is 0. The van der Waals surface area contributed by atoms with Crippen LogP contribution in [0.15, 0.2) is 47.6 Å². The van der Waals surface area contributed by atoms with Crippen LogP contribution in [0.25, 0.3) is 5.69 Å². The van der Waals surface area contributed by atoms with Crippen LogP contribution in [-0.4, -0.2) is 52.0 Å². The van der Waals surface area contributed by atoms with Crippen LogP contribution in [0.4, 0.5) is 5.69 Å². The van der Waals surface area contributed by atoms with E-state index in [1.54, 1.807) is 4.90 Å². The molecular weight excluding hydrogens is 468 g/mol. The fourth-order valence-corrected chi connectivity index (χ4v) is 4.33. The molecule has 178 valence electrons. The lowest BCUT2D eigenvalue weighted by molar-refractivity contribution is -0.116. The van der Waals surface area contributed by atoms with Crippen molar-refractivity contribution in [3.63, 3.8) is 0 Å². The van der Waals surface area contributed by atoms with Gasteiger partial charge in [-0.3, -0.25) is 14.3 Å². The summed E-state index contributed by atoms with van der Waals surface area (Å²) in [4.78, 5) is 17.0. The van der Waals surface area contributed by atoms with Gasteiger partial charge in [0.25, 0.3) is 0 Å². The molecule has 1 heterocycles. The van der Waals surface area contributed by atoms with Gasteiger partial charge in [-0.1, -0.05) is 29.4 Å². The first kappa shape index (κ1) is 25.8. The summed E-state index contributed by atoms with van der Waals surface area (Å²) in [7, 11) is 3.97. The van der Waals surface area contributed by atoms with E-state index in [4.69, 9.17) is 16.9 Å². The third kappa shape index (κ3) is 5.98. The summed E-state index contributed by atoms with van der Waals surface area (Å²) in [6, 6.07) is 15.5. The monoisotopic (exact) mass is 496 g/mol. The van der Waals surface area contributed by atoms with Crippen LogP contribution in [0.1, 0.15) is 36.3 Å². The van der Waals surface area contributed by atoms with Crippen molar-refractivity contribution in [2.45, 2.75) is 38.4 Å². The number of anilines is 1. The van der Waals surface area contributed by atoms with Gasteiger partial charge in [0.1, 0.15) is 0 Å². The van der Waals surface area contributed by atoms with E-state index in [-0.39, 0.29) is 24.1 Å². The molecule has 0 fully saturated rings. The van der Waals surface area contributed by atoms with Gasteiger partial charge >= 0.3 is 0 Å². The minimum atomic E-state index is -0.0867. The van der Waals surface area contributed by atoms with E-state index in [2.05, 4.69) is 28.1 Å². The molecule has 9 heteroatoms. The largest absolute Gasteiger partial charge is 0.311 e. The first-order chi connectivity index (χ1) is 16.2. The number of aromatic nitrogens is 3. The van der Waals surface area contributed by atoms with Gasteiger partial charge in [-0.05, 0) is 82.4 Å². The topological polar surface area (TPSA) is 78.0 Å². The maximum Gasteiger partial charge on any atom is 0.237 e. The summed E-state index contributed by atoms with van der Waals surface area (Å²) < 4.78 is 1.97. The Hall–Kier alpha value is -2.86. The van der Waals surface area contributed by atoms with Crippen LogP contribution in [-0.2, 0) is 4.79 Å². The van der Waals surface area contributed by atoms with E-state index >= 15 is 0 Å². The second-order valence-electron chi connectivity index (χ2n) is 8.30. The molecule has 1 unspecified atom stereocenters. The Bertz CT molecular complexity index is 1190. The van der Waals surface area contributed by atoms with E-state index in [1.165, 1.54) is 11.8 Å². The molecule has 0 radical (unpaired) electrons. The van der Waals surface area contributed by atoms with E-state index in [9.17, 15) is 4.79 Å². The molecule has 34 heavy (non-hydrogen) atoms. The molecule has 0 spiro atoms. The predicted octanol–water partition coefficient (Wildman–Crippen LogP) is 5.20. The lowest BCUT2D eigenvalue weighted by atomic mass is 10.1. The number of halogens is 1. The molecule has 0 saturated heterocycles. The van der Waals surface area contributed by atoms with Gasteiger partial charge in [-0.2, -0.15) is 5.26 Å². The second-order valence-corrected chi connectivity index (χ2v) is 9.68. The maximum absolute atomic E-state index is 13.3. The number of hydrogen-bond acceptors (Lipinski definition) is 6. The number of aryl methyl sites for hydroxylation is 2. The smallest absolute Gasteiger partial charge is 0.237 e. The third-order valence-corrected chi connectivity index (χ3v) is 6.93. The fourth-order valence-electron chi connectivity index (χ4n) is 3.37. The van der Waals surface area contributed by atoms with Gasteiger partial charge < -0.3 is 4.90 Å². The van der Waals surface area contributed by atoms with Crippen molar-refractivity contribution in [2.24, 2.45) is 0 Å². The van der Waals surface area contributed by atoms with Crippen LogP contribution in [0.5, 0.6) is 0 Å². The third-order valence-electron chi connectivity index (χ3n) is 5.77. The van der Waals surface area contributed by atoms with Crippen molar-refractivity contribution >= 4 is 35.0 Å². The molecule has 2 aromatic carbocycles. The SMILES string of the molecule is Cc1ccc(N(CCC#N)C(=O)CSc2nnc(C(C)N(C)C)n2-c2ccc(Cl)cc2)cc1C. The Kier molecular flexibility index (Phi) is 8.72. The first-order valence-electron chi connectivity index (χ1n) is 11.0. The molecule has 1 aromatic heterocycles. The Morgan fingerprint density at radius 2 is 1.85 bits per heavy atom. The van der Waals surface area contributed by atoms with Crippen LogP contribution in [0.2, 0.25) is 5.02 Å². The average molecular weight is 497 g/mol. The number of thioether (sulfide) groups is 1. The lowest BCUT2D eigenvalue weighted by Crippen LogP contribution is -2.33. The maximum atomic E-state index is 13.3. The van der Waals surface area contributed by atoms with Gasteiger partial charge in [0, 0.05) is 22.9 Å². The van der Waals surface area contributed by atoms with E-state index in [1.807, 2.05) is 75.0 Å². The first-order valence-corrected chi connectivity index (χ1v) is 12.3. The highest BCUT2D eigenvalue weighted by molar-refractivity contribution is 7.99. The normalized spacial score (nSPS) is 11.9. The Morgan fingerprint density at radius 1 is 1.15 bits per heavy atom. The summed E-state index contributed by atoms with van der Waals surface area (Å²) in [5.41, 5.74) is 3.93. The molecule has 0 saturated carbocycles. The van der Waals surface area contributed by atoms with E-state index < -0.39 is 0 Å². The highest BCUT2D eigenvalue weighted by Gasteiger charge is 2.23. The molecule has 0 aliphatic heterocycles. The van der Waals surface area contributed by atoms with Crippen molar-refractivity contribution in [3.8, 4) is 11.8 Å². The number of nitriles is 1. The number of carbonyl (C=O) groups excluding carboxylic acids is 1. The highest BCUT2D eigenvalue weighted by Crippen LogP contribution is 2.28. The van der Waals surface area contributed by atoms with Gasteiger partial charge in [0.2, 0.25) is 5.91 Å². The summed E-state index contributed by atoms with van der Waals surface area (Å²) in [5, 5.41) is 19.2. The Labute approximate surface area is 210 Å². The average Bonchev–Trinajstić information content (AvgIpc) is 3.23. The molecule has 7 nitrogen and oxygen atoms in total. The van der Waals surface area contributed by atoms with Gasteiger partial charge in [0.05, 0.1) is 24.3 Å². The standard InChI is InChI=1S/C25H29ClN6OS/c1-17-7-10-22(15-18(17)2)31(14-6-13-27)23(33)16-34-25-29-28-24(19(3)30(4)5)32(25)21-11-8-20(26)9-12-21/h7-12,15,19H,6,14,16H2,1-5H3. The second kappa shape index (κ2) is 11.5. The molecule has 3 aromatic rings. The molecular formula is C25H29ClN6OS. The van der Waals surface area contributed by atoms with Crippen molar-refractivity contribution < 1.29 is 4.79 Å². The van der Waals surface area contributed by atoms with Gasteiger partial charge in [-0.15, -0.1) is 10.2 Å². The number of nitrogens with zero attached hydrogens (tertiary/aromatic N) is 6. The molecule has 0 bridgehead atoms. The minimum absolute atomic E-state index is 0.0101. The number of amides is 1. The molecule has 1 atom stereocenters. The zero-order chi connectivity index (χ0) is 24.8. The minimum Gasteiger partial charge on any atom is -0.311 e. The Morgan fingerprint density at radius 3 is 2.47 bits per heavy atom. The molecule has 0 aliphatic carbocycles. The summed E-state index contributed by atoms with van der Waals surface area (Å²) >= 11 is 7.43. The highest BCUT2D eigenvalue weighted by atomic mass is 35.5. The molecule has 3 rings (SSSR count). The number of benzene rings is 2. The van der Waals surface area contributed by atoms with Crippen LogP contribution >= 0.6 is 23.4 Å². The molecule has 1 amide bonds. The van der Waals surface area contributed by atoms with Crippen molar-refractivity contribution in [1.29, 1.82) is 5.26 Å². The predicted molar refractivity (Wildman–Crippen MR) is 138 cm³/mol. The molecule has 0 aliphatic rings. The zero-order valence-electron chi connectivity index (χ0n) is 20.1. The summed E-state index contributed by atoms with van der Waals surface area (Å²) in [5.74, 6) is 0.856. The van der Waals surface area contributed by atoms with Crippen LogP contribution < -0.4 is 4.90 Å². The van der Waals surface area contributed by atoms with Crippen molar-refractivity contribution in [3.05, 3.63) is 64.4 Å². The van der Waals surface area contributed by atoms with Crippen LogP contribution in [0, 0.1) is 25.2 Å². The Balaban J connectivity index is 1.89. The fraction of sp³-hybridized carbons (Fsp3) is 0.360. The van der Waals surface area contributed by atoms with Crippen LogP contribution in [0.3, 0.4) is 0 Å². The van der Waals surface area contributed by atoms with Crippen molar-refractivity contribution in [2.75, 3.05) is 31.3 Å². The number of rotatable bonds is 9. The van der Waals surface area contributed by atoms with E-state index in [0.717, 1.165) is 28.3 Å². The number of carbonyl (C=O) groups is 1. The van der Waals surface area contributed by atoms with Crippen molar-refractivity contribution in [1.82, 2.24) is 19.7 Å². The summed E-state index contributed by atoms with van der Waals surface area (Å²) in [6.07, 6.45) is 0.259. The van der Waals surface area contributed by atoms with E-state index in [0.29, 0.717) is 16.7 Å². The summed E-state index contributed by atoms with van der Waals surface area (Å²) in [6.45, 7) is 6.44. The lowest BCUT2D eigenvalue weighted by Gasteiger charge is -2.23.